The Bertz CT molecular complexity index is 945. The van der Waals surface area contributed by atoms with Crippen molar-refractivity contribution in [2.75, 3.05) is 19.0 Å². The van der Waals surface area contributed by atoms with Crippen LogP contribution >= 0.6 is 0 Å². The van der Waals surface area contributed by atoms with Gasteiger partial charge < -0.3 is 15.0 Å². The molecule has 0 fully saturated rings. The van der Waals surface area contributed by atoms with E-state index in [2.05, 4.69) is 10.1 Å². The Balaban J connectivity index is 1.89. The molecule has 0 spiro atoms. The monoisotopic (exact) mass is 396 g/mol. The van der Waals surface area contributed by atoms with Crippen molar-refractivity contribution in [1.29, 1.82) is 0 Å². The molecule has 1 atom stereocenters. The van der Waals surface area contributed by atoms with Gasteiger partial charge in [-0.1, -0.05) is 48.5 Å². The number of alkyl halides is 2. The molecule has 1 amide bonds. The van der Waals surface area contributed by atoms with Crippen molar-refractivity contribution in [2.45, 2.75) is 12.7 Å². The van der Waals surface area contributed by atoms with Crippen LogP contribution in [0, 0.1) is 0 Å². The van der Waals surface area contributed by atoms with E-state index < -0.39 is 12.7 Å². The lowest BCUT2D eigenvalue weighted by molar-refractivity contribution is -0.0498. The van der Waals surface area contributed by atoms with Crippen LogP contribution in [0.25, 0.3) is 0 Å². The molecule has 0 aliphatic heterocycles. The van der Waals surface area contributed by atoms with E-state index in [1.807, 2.05) is 67.5 Å². The fraction of sp³-hybridized carbons (Fsp3) is 0.174. The molecule has 0 aliphatic carbocycles. The summed E-state index contributed by atoms with van der Waals surface area (Å²) in [6, 6.07) is 22.6. The van der Waals surface area contributed by atoms with Crippen LogP contribution < -0.4 is 15.0 Å². The molecule has 0 saturated carbocycles. The van der Waals surface area contributed by atoms with Gasteiger partial charge in [0, 0.05) is 25.3 Å². The van der Waals surface area contributed by atoms with E-state index in [1.165, 1.54) is 12.1 Å². The molecule has 1 unspecified atom stereocenters. The fourth-order valence-corrected chi connectivity index (χ4v) is 2.99. The zero-order chi connectivity index (χ0) is 20.8. The minimum absolute atomic E-state index is 0.0700. The third-order valence-electron chi connectivity index (χ3n) is 4.47. The van der Waals surface area contributed by atoms with Gasteiger partial charge in [0.05, 0.1) is 6.04 Å². The van der Waals surface area contributed by atoms with Gasteiger partial charge in [-0.05, 0) is 41.5 Å². The molecule has 3 aromatic rings. The summed E-state index contributed by atoms with van der Waals surface area (Å²) in [4.78, 5) is 14.9. The molecule has 0 bridgehead atoms. The SMILES string of the molecule is CN(C)c1cccc(C(=O)NC(c2ccccc2)c2ccc(OC(F)F)cc2)c1. The number of anilines is 1. The van der Waals surface area contributed by atoms with Crippen molar-refractivity contribution in [2.24, 2.45) is 0 Å². The second-order valence-electron chi connectivity index (χ2n) is 6.71. The second-order valence-corrected chi connectivity index (χ2v) is 6.71. The zero-order valence-corrected chi connectivity index (χ0v) is 16.2. The Hall–Kier alpha value is -3.41. The smallest absolute Gasteiger partial charge is 0.387 e. The Morgan fingerprint density at radius 3 is 2.17 bits per heavy atom. The number of halogens is 2. The molecule has 1 N–H and O–H groups in total. The van der Waals surface area contributed by atoms with Crippen LogP contribution in [0.2, 0.25) is 0 Å². The molecule has 3 aromatic carbocycles. The molecule has 0 saturated heterocycles. The summed E-state index contributed by atoms with van der Waals surface area (Å²) in [5, 5.41) is 3.05. The van der Waals surface area contributed by atoms with Gasteiger partial charge in [-0.25, -0.2) is 0 Å². The molecule has 29 heavy (non-hydrogen) atoms. The quantitative estimate of drug-likeness (QED) is 0.619. The lowest BCUT2D eigenvalue weighted by atomic mass is 9.98. The average Bonchev–Trinajstić information content (AvgIpc) is 2.73. The third-order valence-corrected chi connectivity index (χ3v) is 4.47. The van der Waals surface area contributed by atoms with Gasteiger partial charge in [0.25, 0.3) is 5.91 Å². The standard InChI is InChI=1S/C23H22F2N2O2/c1-27(2)19-10-6-9-18(15-19)22(28)26-21(16-7-4-3-5-8-16)17-11-13-20(14-12-17)29-23(24)25/h3-15,21,23H,1-2H3,(H,26,28). The summed E-state index contributed by atoms with van der Waals surface area (Å²) in [5.41, 5.74) is 3.10. The number of carbonyl (C=O) groups is 1. The number of benzene rings is 3. The van der Waals surface area contributed by atoms with Gasteiger partial charge in [-0.2, -0.15) is 8.78 Å². The number of rotatable bonds is 7. The van der Waals surface area contributed by atoms with Gasteiger partial charge in [0.1, 0.15) is 5.75 Å². The first-order valence-corrected chi connectivity index (χ1v) is 9.12. The van der Waals surface area contributed by atoms with Crippen molar-refractivity contribution >= 4 is 11.6 Å². The number of nitrogens with one attached hydrogen (secondary N) is 1. The summed E-state index contributed by atoms with van der Waals surface area (Å²) in [6.07, 6.45) is 0. The average molecular weight is 396 g/mol. The first-order valence-electron chi connectivity index (χ1n) is 9.12. The molecule has 0 radical (unpaired) electrons. The molecule has 0 heterocycles. The van der Waals surface area contributed by atoms with Gasteiger partial charge in [-0.15, -0.1) is 0 Å². The van der Waals surface area contributed by atoms with Crippen molar-refractivity contribution < 1.29 is 18.3 Å². The summed E-state index contributed by atoms with van der Waals surface area (Å²) >= 11 is 0. The maximum Gasteiger partial charge on any atom is 0.387 e. The number of ether oxygens (including phenoxy) is 1. The number of carbonyl (C=O) groups excluding carboxylic acids is 1. The van der Waals surface area contributed by atoms with Gasteiger partial charge in [-0.3, -0.25) is 4.79 Å². The number of hydrogen-bond acceptors (Lipinski definition) is 3. The summed E-state index contributed by atoms with van der Waals surface area (Å²) in [5.74, 6) is -0.156. The maximum atomic E-state index is 12.9. The Labute approximate surface area is 168 Å². The topological polar surface area (TPSA) is 41.6 Å². The van der Waals surface area contributed by atoms with Gasteiger partial charge >= 0.3 is 6.61 Å². The molecule has 6 heteroatoms. The van der Waals surface area contributed by atoms with E-state index >= 15 is 0 Å². The lowest BCUT2D eigenvalue weighted by Gasteiger charge is -2.21. The molecular formula is C23H22F2N2O2. The van der Waals surface area contributed by atoms with Crippen LogP contribution in [0.1, 0.15) is 27.5 Å². The Morgan fingerprint density at radius 2 is 1.55 bits per heavy atom. The van der Waals surface area contributed by atoms with Crippen molar-refractivity contribution in [1.82, 2.24) is 5.32 Å². The molecule has 0 aliphatic rings. The highest BCUT2D eigenvalue weighted by Crippen LogP contribution is 2.25. The summed E-state index contributed by atoms with van der Waals surface area (Å²) in [6.45, 7) is -2.88. The molecule has 150 valence electrons. The van der Waals surface area contributed by atoms with E-state index in [4.69, 9.17) is 0 Å². The van der Waals surface area contributed by atoms with E-state index in [-0.39, 0.29) is 11.7 Å². The van der Waals surface area contributed by atoms with E-state index in [9.17, 15) is 13.6 Å². The van der Waals surface area contributed by atoms with Crippen LogP contribution in [0.3, 0.4) is 0 Å². The number of nitrogens with zero attached hydrogens (tertiary/aromatic N) is 1. The highest BCUT2D eigenvalue weighted by atomic mass is 19.3. The molecule has 4 nitrogen and oxygen atoms in total. The highest BCUT2D eigenvalue weighted by molar-refractivity contribution is 5.95. The highest BCUT2D eigenvalue weighted by Gasteiger charge is 2.18. The predicted octanol–water partition coefficient (Wildman–Crippen LogP) is 4.87. The van der Waals surface area contributed by atoms with E-state index in [0.717, 1.165) is 16.8 Å². The minimum atomic E-state index is -2.88. The van der Waals surface area contributed by atoms with Crippen LogP contribution in [0.15, 0.2) is 78.9 Å². The zero-order valence-electron chi connectivity index (χ0n) is 16.2. The fourth-order valence-electron chi connectivity index (χ4n) is 2.99. The van der Waals surface area contributed by atoms with Crippen LogP contribution in [0.5, 0.6) is 5.75 Å². The van der Waals surface area contributed by atoms with E-state index in [0.29, 0.717) is 5.56 Å². The first kappa shape index (κ1) is 20.3. The summed E-state index contributed by atoms with van der Waals surface area (Å²) in [7, 11) is 3.82. The van der Waals surface area contributed by atoms with Crippen LogP contribution in [0.4, 0.5) is 14.5 Å². The molecule has 3 rings (SSSR count). The second kappa shape index (κ2) is 9.19. The maximum absolute atomic E-state index is 12.9. The Morgan fingerprint density at radius 1 is 0.897 bits per heavy atom. The van der Waals surface area contributed by atoms with Gasteiger partial charge in [0.2, 0.25) is 0 Å². The van der Waals surface area contributed by atoms with E-state index in [1.54, 1.807) is 18.2 Å². The lowest BCUT2D eigenvalue weighted by Crippen LogP contribution is -2.29. The largest absolute Gasteiger partial charge is 0.435 e. The van der Waals surface area contributed by atoms with Gasteiger partial charge in [0.15, 0.2) is 0 Å². The van der Waals surface area contributed by atoms with Crippen molar-refractivity contribution in [3.05, 3.63) is 95.6 Å². The predicted molar refractivity (Wildman–Crippen MR) is 110 cm³/mol. The normalized spacial score (nSPS) is 11.8. The minimum Gasteiger partial charge on any atom is -0.435 e. The molecule has 0 aromatic heterocycles. The Kier molecular flexibility index (Phi) is 6.44. The van der Waals surface area contributed by atoms with Crippen molar-refractivity contribution in [3.8, 4) is 5.75 Å². The molecular weight excluding hydrogens is 374 g/mol. The first-order chi connectivity index (χ1) is 13.9. The third kappa shape index (κ3) is 5.31. The summed E-state index contributed by atoms with van der Waals surface area (Å²) < 4.78 is 29.2. The van der Waals surface area contributed by atoms with Crippen LogP contribution in [-0.2, 0) is 0 Å². The number of hydrogen-bond donors (Lipinski definition) is 1. The van der Waals surface area contributed by atoms with Crippen LogP contribution in [-0.4, -0.2) is 26.6 Å². The van der Waals surface area contributed by atoms with Crippen molar-refractivity contribution in [3.63, 3.8) is 0 Å². The number of amides is 1.